The Labute approximate surface area is 105 Å². The Morgan fingerprint density at radius 2 is 2.22 bits per heavy atom. The summed E-state index contributed by atoms with van der Waals surface area (Å²) >= 11 is 0. The lowest BCUT2D eigenvalue weighted by Gasteiger charge is -2.06. The first kappa shape index (κ1) is 12.1. The average Bonchev–Trinajstić information content (AvgIpc) is 2.76. The fourth-order valence-electron chi connectivity index (χ4n) is 1.50. The molecule has 0 aliphatic rings. The van der Waals surface area contributed by atoms with Crippen molar-refractivity contribution in [3.05, 3.63) is 36.2 Å². The van der Waals surface area contributed by atoms with E-state index in [1.54, 1.807) is 42.3 Å². The first-order chi connectivity index (χ1) is 8.70. The number of carbonyl (C=O) groups excluding carboxylic acids is 1. The molecule has 2 heterocycles. The zero-order valence-corrected chi connectivity index (χ0v) is 10.3. The van der Waals surface area contributed by atoms with Crippen LogP contribution in [0.1, 0.15) is 17.3 Å². The smallest absolute Gasteiger partial charge is 0.258 e. The zero-order valence-electron chi connectivity index (χ0n) is 10.3. The van der Waals surface area contributed by atoms with Crippen LogP contribution in [0.2, 0.25) is 0 Å². The van der Waals surface area contributed by atoms with Crippen molar-refractivity contribution in [3.63, 3.8) is 0 Å². The number of aromatic nitrogens is 3. The summed E-state index contributed by atoms with van der Waals surface area (Å²) in [7, 11) is 1.77. The van der Waals surface area contributed by atoms with Crippen LogP contribution in [0.15, 0.2) is 30.6 Å². The predicted octanol–water partition coefficient (Wildman–Crippen LogP) is 1.50. The Hall–Kier alpha value is -2.37. The number of rotatable bonds is 4. The molecule has 0 bridgehead atoms. The molecule has 0 atom stereocenters. The molecule has 94 valence electrons. The highest BCUT2D eigenvalue weighted by molar-refractivity contribution is 6.03. The van der Waals surface area contributed by atoms with Gasteiger partial charge in [0.15, 0.2) is 0 Å². The van der Waals surface area contributed by atoms with Crippen molar-refractivity contribution >= 4 is 17.5 Å². The molecule has 2 aromatic heterocycles. The number of anilines is 2. The summed E-state index contributed by atoms with van der Waals surface area (Å²) in [6.45, 7) is 2.79. The van der Waals surface area contributed by atoms with Crippen LogP contribution in [0.5, 0.6) is 0 Å². The van der Waals surface area contributed by atoms with Gasteiger partial charge in [0.2, 0.25) is 0 Å². The van der Waals surface area contributed by atoms with Crippen molar-refractivity contribution in [2.45, 2.75) is 6.92 Å². The molecular formula is C12H15N5O. The topological polar surface area (TPSA) is 71.8 Å². The molecule has 2 aromatic rings. The van der Waals surface area contributed by atoms with Crippen molar-refractivity contribution < 1.29 is 4.79 Å². The highest BCUT2D eigenvalue weighted by Gasteiger charge is 2.08. The summed E-state index contributed by atoms with van der Waals surface area (Å²) in [6, 6.07) is 5.25. The number of nitrogens with one attached hydrogen (secondary N) is 2. The average molecular weight is 245 g/mol. The van der Waals surface area contributed by atoms with E-state index in [2.05, 4.69) is 20.7 Å². The quantitative estimate of drug-likeness (QED) is 0.856. The maximum atomic E-state index is 11.9. The molecule has 0 spiro atoms. The first-order valence-corrected chi connectivity index (χ1v) is 5.70. The van der Waals surface area contributed by atoms with Gasteiger partial charge in [-0.3, -0.25) is 9.48 Å². The molecule has 18 heavy (non-hydrogen) atoms. The van der Waals surface area contributed by atoms with Crippen LogP contribution in [0.25, 0.3) is 0 Å². The maximum absolute atomic E-state index is 11.9. The van der Waals surface area contributed by atoms with Gasteiger partial charge in [0.05, 0.1) is 11.8 Å². The van der Waals surface area contributed by atoms with E-state index in [1.807, 2.05) is 6.92 Å². The Balaban J connectivity index is 2.07. The van der Waals surface area contributed by atoms with E-state index in [4.69, 9.17) is 0 Å². The van der Waals surface area contributed by atoms with Gasteiger partial charge in [-0.25, -0.2) is 4.98 Å². The SMILES string of the molecule is CCNc1ccc(C(=O)Nc2ccnn2C)cn1. The largest absolute Gasteiger partial charge is 0.370 e. The van der Waals surface area contributed by atoms with Gasteiger partial charge < -0.3 is 10.6 Å². The molecule has 0 unspecified atom stereocenters. The van der Waals surface area contributed by atoms with E-state index in [-0.39, 0.29) is 5.91 Å². The normalized spacial score (nSPS) is 10.1. The molecule has 2 rings (SSSR count). The monoisotopic (exact) mass is 245 g/mol. The number of hydrogen-bond acceptors (Lipinski definition) is 4. The van der Waals surface area contributed by atoms with E-state index in [0.29, 0.717) is 11.4 Å². The van der Waals surface area contributed by atoms with Gasteiger partial charge in [0.25, 0.3) is 5.91 Å². The van der Waals surface area contributed by atoms with E-state index in [1.165, 1.54) is 0 Å². The molecule has 0 saturated carbocycles. The highest BCUT2D eigenvalue weighted by Crippen LogP contribution is 2.09. The molecular weight excluding hydrogens is 230 g/mol. The molecule has 0 saturated heterocycles. The number of nitrogens with zero attached hydrogens (tertiary/aromatic N) is 3. The van der Waals surface area contributed by atoms with E-state index in [9.17, 15) is 4.79 Å². The highest BCUT2D eigenvalue weighted by atomic mass is 16.1. The molecule has 2 N–H and O–H groups in total. The summed E-state index contributed by atoms with van der Waals surface area (Å²) in [5.74, 6) is 1.21. The number of carbonyl (C=O) groups is 1. The van der Waals surface area contributed by atoms with Gasteiger partial charge >= 0.3 is 0 Å². The zero-order chi connectivity index (χ0) is 13.0. The molecule has 0 aromatic carbocycles. The Morgan fingerprint density at radius 1 is 1.39 bits per heavy atom. The fraction of sp³-hybridized carbons (Fsp3) is 0.250. The maximum Gasteiger partial charge on any atom is 0.258 e. The van der Waals surface area contributed by atoms with Crippen LogP contribution in [0.3, 0.4) is 0 Å². The lowest BCUT2D eigenvalue weighted by atomic mass is 10.2. The van der Waals surface area contributed by atoms with Gasteiger partial charge in [0.1, 0.15) is 11.6 Å². The number of aryl methyl sites for hydroxylation is 1. The van der Waals surface area contributed by atoms with Crippen LogP contribution in [-0.2, 0) is 7.05 Å². The Bertz CT molecular complexity index is 532. The molecule has 0 aliphatic heterocycles. The van der Waals surface area contributed by atoms with Crippen LogP contribution < -0.4 is 10.6 Å². The third kappa shape index (κ3) is 2.65. The molecule has 6 nitrogen and oxygen atoms in total. The Morgan fingerprint density at radius 3 is 2.78 bits per heavy atom. The second-order valence-corrected chi connectivity index (χ2v) is 3.76. The van der Waals surface area contributed by atoms with E-state index in [0.717, 1.165) is 12.4 Å². The van der Waals surface area contributed by atoms with Crippen LogP contribution >= 0.6 is 0 Å². The molecule has 0 fully saturated rings. The van der Waals surface area contributed by atoms with Gasteiger partial charge in [-0.2, -0.15) is 5.10 Å². The Kier molecular flexibility index (Phi) is 3.57. The standard InChI is InChI=1S/C12H15N5O/c1-3-13-10-5-4-9(8-14-10)12(18)16-11-6-7-15-17(11)2/h4-8H,3H2,1-2H3,(H,13,14)(H,16,18). The third-order valence-electron chi connectivity index (χ3n) is 2.45. The lowest BCUT2D eigenvalue weighted by Crippen LogP contribution is -2.15. The predicted molar refractivity (Wildman–Crippen MR) is 69.6 cm³/mol. The second kappa shape index (κ2) is 5.31. The van der Waals surface area contributed by atoms with Crippen molar-refractivity contribution in [2.24, 2.45) is 7.05 Å². The van der Waals surface area contributed by atoms with Crippen LogP contribution in [0, 0.1) is 0 Å². The number of pyridine rings is 1. The van der Waals surface area contributed by atoms with Crippen molar-refractivity contribution in [2.75, 3.05) is 17.2 Å². The van der Waals surface area contributed by atoms with Gasteiger partial charge in [-0.15, -0.1) is 0 Å². The summed E-state index contributed by atoms with van der Waals surface area (Å²) in [6.07, 6.45) is 3.17. The minimum Gasteiger partial charge on any atom is -0.370 e. The minimum absolute atomic E-state index is 0.200. The summed E-state index contributed by atoms with van der Waals surface area (Å²) < 4.78 is 1.60. The number of amides is 1. The lowest BCUT2D eigenvalue weighted by molar-refractivity contribution is 0.102. The summed E-state index contributed by atoms with van der Waals surface area (Å²) in [5.41, 5.74) is 0.512. The molecule has 0 radical (unpaired) electrons. The van der Waals surface area contributed by atoms with Gasteiger partial charge in [-0.05, 0) is 19.1 Å². The second-order valence-electron chi connectivity index (χ2n) is 3.76. The van der Waals surface area contributed by atoms with Crippen LogP contribution in [0.4, 0.5) is 11.6 Å². The first-order valence-electron chi connectivity index (χ1n) is 5.70. The van der Waals surface area contributed by atoms with E-state index < -0.39 is 0 Å². The van der Waals surface area contributed by atoms with Crippen LogP contribution in [-0.4, -0.2) is 27.2 Å². The third-order valence-corrected chi connectivity index (χ3v) is 2.45. The van der Waals surface area contributed by atoms with Crippen molar-refractivity contribution in [3.8, 4) is 0 Å². The summed E-state index contributed by atoms with van der Waals surface area (Å²) in [5, 5.41) is 9.81. The van der Waals surface area contributed by atoms with Crippen molar-refractivity contribution in [1.82, 2.24) is 14.8 Å². The number of hydrogen-bond donors (Lipinski definition) is 2. The molecule has 6 heteroatoms. The van der Waals surface area contributed by atoms with Crippen molar-refractivity contribution in [1.29, 1.82) is 0 Å². The van der Waals surface area contributed by atoms with E-state index >= 15 is 0 Å². The molecule has 1 amide bonds. The fourth-order valence-corrected chi connectivity index (χ4v) is 1.50. The molecule has 0 aliphatic carbocycles. The van der Waals surface area contributed by atoms with Gasteiger partial charge in [-0.1, -0.05) is 0 Å². The van der Waals surface area contributed by atoms with Gasteiger partial charge in [0, 0.05) is 25.9 Å². The minimum atomic E-state index is -0.200. The summed E-state index contributed by atoms with van der Waals surface area (Å²) in [4.78, 5) is 16.1.